The first-order valence-corrected chi connectivity index (χ1v) is 6.58. The Bertz CT molecular complexity index is 562. The van der Waals surface area contributed by atoms with Crippen LogP contribution in [0.1, 0.15) is 12.5 Å². The van der Waals surface area contributed by atoms with E-state index in [1.807, 2.05) is 24.3 Å². The largest absolute Gasteiger partial charge is 0.394 e. The Hall–Kier alpha value is -1.46. The highest BCUT2D eigenvalue weighted by Crippen LogP contribution is 2.26. The molecule has 0 fully saturated rings. The monoisotopic (exact) mass is 324 g/mol. The summed E-state index contributed by atoms with van der Waals surface area (Å²) < 4.78 is 14.2. The Morgan fingerprint density at radius 1 is 1.32 bits per heavy atom. The van der Waals surface area contributed by atoms with Crippen LogP contribution in [-0.4, -0.2) is 16.7 Å². The number of aromatic nitrogens is 1. The molecule has 0 amide bonds. The Labute approximate surface area is 119 Å². The second-order valence-corrected chi connectivity index (χ2v) is 5.43. The summed E-state index contributed by atoms with van der Waals surface area (Å²) in [6.07, 6.45) is 2.69. The van der Waals surface area contributed by atoms with E-state index in [0.29, 0.717) is 5.56 Å². The molecule has 1 aromatic heterocycles. The molecule has 19 heavy (non-hydrogen) atoms. The van der Waals surface area contributed by atoms with Crippen LogP contribution >= 0.6 is 15.9 Å². The average molecular weight is 325 g/mol. The van der Waals surface area contributed by atoms with Crippen LogP contribution in [0.4, 0.5) is 10.1 Å². The number of aliphatic hydroxyl groups excluding tert-OH is 1. The van der Waals surface area contributed by atoms with Gasteiger partial charge in [-0.25, -0.2) is 4.39 Å². The maximum atomic E-state index is 13.2. The number of nitrogens with one attached hydrogen (secondary N) is 1. The minimum absolute atomic E-state index is 0.172. The van der Waals surface area contributed by atoms with Gasteiger partial charge in [0.25, 0.3) is 0 Å². The lowest BCUT2D eigenvalue weighted by atomic mass is 9.94. The van der Waals surface area contributed by atoms with Crippen LogP contribution in [-0.2, 0) is 5.54 Å². The molecule has 1 aromatic carbocycles. The van der Waals surface area contributed by atoms with Crippen LogP contribution < -0.4 is 5.32 Å². The van der Waals surface area contributed by atoms with Gasteiger partial charge >= 0.3 is 0 Å². The van der Waals surface area contributed by atoms with Gasteiger partial charge in [-0.15, -0.1) is 0 Å². The third kappa shape index (κ3) is 3.30. The molecule has 0 spiro atoms. The highest BCUT2D eigenvalue weighted by Gasteiger charge is 2.26. The Morgan fingerprint density at radius 2 is 2.00 bits per heavy atom. The predicted octanol–water partition coefficient (Wildman–Crippen LogP) is 3.30. The van der Waals surface area contributed by atoms with Crippen molar-refractivity contribution in [1.82, 2.24) is 4.98 Å². The zero-order valence-electron chi connectivity index (χ0n) is 10.4. The first-order valence-electron chi connectivity index (χ1n) is 5.79. The number of benzene rings is 1. The van der Waals surface area contributed by atoms with Gasteiger partial charge in [0.15, 0.2) is 0 Å². The number of pyridine rings is 1. The van der Waals surface area contributed by atoms with Gasteiger partial charge in [-0.1, -0.05) is 15.9 Å². The Morgan fingerprint density at radius 3 is 2.58 bits per heavy atom. The van der Waals surface area contributed by atoms with Crippen molar-refractivity contribution < 1.29 is 9.50 Å². The van der Waals surface area contributed by atoms with E-state index in [4.69, 9.17) is 0 Å². The molecule has 5 heteroatoms. The molecule has 0 radical (unpaired) electrons. The summed E-state index contributed by atoms with van der Waals surface area (Å²) in [7, 11) is 0. The maximum absolute atomic E-state index is 13.2. The van der Waals surface area contributed by atoms with E-state index in [1.165, 1.54) is 6.07 Å². The number of nitrogens with zero attached hydrogens (tertiary/aromatic N) is 1. The molecule has 1 atom stereocenters. The quantitative estimate of drug-likeness (QED) is 0.907. The SMILES string of the molecule is CC(CO)(Nc1ccc(Br)cc1)c1cncc(F)c1. The molecule has 0 bridgehead atoms. The molecule has 0 saturated heterocycles. The lowest BCUT2D eigenvalue weighted by Gasteiger charge is -2.30. The van der Waals surface area contributed by atoms with Gasteiger partial charge in [-0.05, 0) is 37.3 Å². The van der Waals surface area contributed by atoms with Crippen LogP contribution in [0.5, 0.6) is 0 Å². The zero-order valence-corrected chi connectivity index (χ0v) is 12.0. The molecule has 2 rings (SSSR count). The molecule has 0 aliphatic heterocycles. The van der Waals surface area contributed by atoms with Crippen molar-refractivity contribution in [3.05, 3.63) is 58.6 Å². The van der Waals surface area contributed by atoms with E-state index in [2.05, 4.69) is 26.2 Å². The van der Waals surface area contributed by atoms with Crippen molar-refractivity contribution in [2.45, 2.75) is 12.5 Å². The molecule has 0 saturated carbocycles. The summed E-state index contributed by atoms with van der Waals surface area (Å²) in [4.78, 5) is 3.82. The van der Waals surface area contributed by atoms with E-state index >= 15 is 0 Å². The number of aliphatic hydroxyl groups is 1. The summed E-state index contributed by atoms with van der Waals surface area (Å²) in [5, 5.41) is 12.8. The molecule has 0 aliphatic carbocycles. The second-order valence-electron chi connectivity index (χ2n) is 4.51. The van der Waals surface area contributed by atoms with Gasteiger partial charge in [0, 0.05) is 21.9 Å². The fourth-order valence-corrected chi connectivity index (χ4v) is 2.03. The van der Waals surface area contributed by atoms with Crippen molar-refractivity contribution in [3.63, 3.8) is 0 Å². The standard InChI is InChI=1S/C14H14BrFN2O/c1-14(9-19,10-6-12(16)8-17-7-10)18-13-4-2-11(15)3-5-13/h2-8,18-19H,9H2,1H3. The minimum Gasteiger partial charge on any atom is -0.394 e. The van der Waals surface area contributed by atoms with E-state index in [1.54, 1.807) is 13.1 Å². The van der Waals surface area contributed by atoms with E-state index in [-0.39, 0.29) is 6.61 Å². The van der Waals surface area contributed by atoms with E-state index < -0.39 is 11.4 Å². The molecule has 1 heterocycles. The lowest BCUT2D eigenvalue weighted by Crippen LogP contribution is -2.36. The molecule has 2 aromatic rings. The van der Waals surface area contributed by atoms with Gasteiger partial charge in [-0.3, -0.25) is 4.98 Å². The number of anilines is 1. The Balaban J connectivity index is 2.30. The zero-order chi connectivity index (χ0) is 13.9. The molecule has 2 N–H and O–H groups in total. The summed E-state index contributed by atoms with van der Waals surface area (Å²) in [6.45, 7) is 1.62. The lowest BCUT2D eigenvalue weighted by molar-refractivity contribution is 0.223. The molecule has 100 valence electrons. The third-order valence-corrected chi connectivity index (χ3v) is 3.45. The number of halogens is 2. The van der Waals surface area contributed by atoms with Gasteiger partial charge < -0.3 is 10.4 Å². The van der Waals surface area contributed by atoms with Gasteiger partial charge in [0.1, 0.15) is 5.82 Å². The summed E-state index contributed by atoms with van der Waals surface area (Å²) >= 11 is 3.36. The van der Waals surface area contributed by atoms with Crippen molar-refractivity contribution in [1.29, 1.82) is 0 Å². The fourth-order valence-electron chi connectivity index (χ4n) is 1.77. The van der Waals surface area contributed by atoms with Crippen LogP contribution in [0, 0.1) is 5.82 Å². The molecule has 1 unspecified atom stereocenters. The van der Waals surface area contributed by atoms with Gasteiger partial charge in [0.05, 0.1) is 18.3 Å². The van der Waals surface area contributed by atoms with E-state index in [9.17, 15) is 9.50 Å². The molecular formula is C14H14BrFN2O. The van der Waals surface area contributed by atoms with Crippen molar-refractivity contribution in [3.8, 4) is 0 Å². The van der Waals surface area contributed by atoms with Crippen molar-refractivity contribution >= 4 is 21.6 Å². The van der Waals surface area contributed by atoms with Crippen molar-refractivity contribution in [2.24, 2.45) is 0 Å². The third-order valence-electron chi connectivity index (χ3n) is 2.92. The normalized spacial score (nSPS) is 13.9. The van der Waals surface area contributed by atoms with Gasteiger partial charge in [0.2, 0.25) is 0 Å². The first-order chi connectivity index (χ1) is 9.03. The highest BCUT2D eigenvalue weighted by atomic mass is 79.9. The summed E-state index contributed by atoms with van der Waals surface area (Å²) in [5.41, 5.74) is 0.644. The van der Waals surface area contributed by atoms with Crippen LogP contribution in [0.25, 0.3) is 0 Å². The summed E-state index contributed by atoms with van der Waals surface area (Å²) in [5.74, 6) is -0.421. The molecule has 3 nitrogen and oxygen atoms in total. The maximum Gasteiger partial charge on any atom is 0.141 e. The summed E-state index contributed by atoms with van der Waals surface area (Å²) in [6, 6.07) is 8.92. The molecular weight excluding hydrogens is 311 g/mol. The van der Waals surface area contributed by atoms with Crippen LogP contribution in [0.2, 0.25) is 0 Å². The van der Waals surface area contributed by atoms with Crippen LogP contribution in [0.3, 0.4) is 0 Å². The average Bonchev–Trinajstić information content (AvgIpc) is 2.41. The smallest absolute Gasteiger partial charge is 0.141 e. The van der Waals surface area contributed by atoms with Crippen molar-refractivity contribution in [2.75, 3.05) is 11.9 Å². The number of rotatable bonds is 4. The van der Waals surface area contributed by atoms with Crippen LogP contribution in [0.15, 0.2) is 47.2 Å². The molecule has 0 aliphatic rings. The number of hydrogen-bond acceptors (Lipinski definition) is 3. The topological polar surface area (TPSA) is 45.1 Å². The first kappa shape index (κ1) is 14.0. The minimum atomic E-state index is -0.789. The van der Waals surface area contributed by atoms with Gasteiger partial charge in [-0.2, -0.15) is 0 Å². The Kier molecular flexibility index (Phi) is 4.17. The second kappa shape index (κ2) is 5.67. The predicted molar refractivity (Wildman–Crippen MR) is 76.4 cm³/mol. The van der Waals surface area contributed by atoms with E-state index in [0.717, 1.165) is 16.4 Å². The fraction of sp³-hybridized carbons (Fsp3) is 0.214. The number of hydrogen-bond donors (Lipinski definition) is 2. The highest BCUT2D eigenvalue weighted by molar-refractivity contribution is 9.10.